The van der Waals surface area contributed by atoms with Crippen molar-refractivity contribution in [1.82, 2.24) is 14.7 Å². The number of ether oxygens (including phenoxy) is 1. The Morgan fingerprint density at radius 2 is 1.93 bits per heavy atom. The summed E-state index contributed by atoms with van der Waals surface area (Å²) in [5.41, 5.74) is 2.28. The average molecular weight is 404 g/mol. The normalized spacial score (nSPS) is 10.7. The van der Waals surface area contributed by atoms with Gasteiger partial charge in [0, 0.05) is 24.7 Å². The topological polar surface area (TPSA) is 47.4 Å². The molecule has 3 aromatic rings. The smallest absolute Gasteiger partial charge is 0.253 e. The number of amides is 1. The van der Waals surface area contributed by atoms with Crippen LogP contribution in [0.3, 0.4) is 0 Å². The van der Waals surface area contributed by atoms with Crippen LogP contribution >= 0.6 is 23.2 Å². The summed E-state index contributed by atoms with van der Waals surface area (Å²) in [5.74, 6) is 0.625. The van der Waals surface area contributed by atoms with Gasteiger partial charge in [0.25, 0.3) is 5.91 Å². The molecule has 1 aromatic heterocycles. The molecule has 0 fully saturated rings. The van der Waals surface area contributed by atoms with Crippen molar-refractivity contribution in [3.05, 3.63) is 81.6 Å². The van der Waals surface area contributed by atoms with Gasteiger partial charge in [-0.3, -0.25) is 9.48 Å². The molecule has 0 aliphatic carbocycles. The van der Waals surface area contributed by atoms with E-state index >= 15 is 0 Å². The molecule has 5 nitrogen and oxygen atoms in total. The molecule has 27 heavy (non-hydrogen) atoms. The number of aromatic nitrogens is 2. The molecule has 0 aliphatic heterocycles. The average Bonchev–Trinajstić information content (AvgIpc) is 2.99. The number of halogens is 2. The van der Waals surface area contributed by atoms with Gasteiger partial charge in [0.05, 0.1) is 23.5 Å². The second kappa shape index (κ2) is 8.46. The maximum Gasteiger partial charge on any atom is 0.253 e. The van der Waals surface area contributed by atoms with Gasteiger partial charge < -0.3 is 9.64 Å². The first-order valence-electron chi connectivity index (χ1n) is 8.33. The fourth-order valence-electron chi connectivity index (χ4n) is 2.62. The number of carbonyl (C=O) groups is 1. The minimum absolute atomic E-state index is 0.0967. The molecule has 1 amide bonds. The zero-order valence-corrected chi connectivity index (χ0v) is 16.5. The summed E-state index contributed by atoms with van der Waals surface area (Å²) < 4.78 is 7.42. The van der Waals surface area contributed by atoms with Crippen molar-refractivity contribution in [3.8, 4) is 5.75 Å². The summed E-state index contributed by atoms with van der Waals surface area (Å²) >= 11 is 12.0. The highest BCUT2D eigenvalue weighted by Crippen LogP contribution is 2.19. The molecule has 3 rings (SSSR count). The molecule has 0 saturated carbocycles. The van der Waals surface area contributed by atoms with E-state index in [1.54, 1.807) is 48.1 Å². The van der Waals surface area contributed by atoms with Crippen LogP contribution in [0.1, 0.15) is 21.6 Å². The van der Waals surface area contributed by atoms with E-state index in [4.69, 9.17) is 27.9 Å². The van der Waals surface area contributed by atoms with Crippen molar-refractivity contribution >= 4 is 29.1 Å². The van der Waals surface area contributed by atoms with Crippen molar-refractivity contribution in [2.24, 2.45) is 7.05 Å². The summed E-state index contributed by atoms with van der Waals surface area (Å²) in [4.78, 5) is 14.4. The van der Waals surface area contributed by atoms with Gasteiger partial charge in [0.15, 0.2) is 0 Å². The number of nitrogens with zero attached hydrogens (tertiary/aromatic N) is 3. The van der Waals surface area contributed by atoms with Crippen LogP contribution in [0.4, 0.5) is 0 Å². The summed E-state index contributed by atoms with van der Waals surface area (Å²) in [6, 6.07) is 14.6. The van der Waals surface area contributed by atoms with E-state index in [-0.39, 0.29) is 5.91 Å². The SMILES string of the molecule is CN(Cc1c(Cl)cnn1C)C(=O)c1cccc(COc2ccc(Cl)cc2)c1. The molecule has 0 spiro atoms. The van der Waals surface area contributed by atoms with Crippen molar-refractivity contribution in [3.63, 3.8) is 0 Å². The van der Waals surface area contributed by atoms with Crippen LogP contribution in [0.15, 0.2) is 54.7 Å². The fourth-order valence-corrected chi connectivity index (χ4v) is 2.97. The molecule has 0 N–H and O–H groups in total. The Labute approximate surface area is 168 Å². The maximum atomic E-state index is 12.8. The van der Waals surface area contributed by atoms with Crippen molar-refractivity contribution in [1.29, 1.82) is 0 Å². The number of hydrogen-bond acceptors (Lipinski definition) is 3. The second-order valence-corrected chi connectivity index (χ2v) is 7.01. The van der Waals surface area contributed by atoms with Gasteiger partial charge in [-0.25, -0.2) is 0 Å². The molecule has 0 aliphatic rings. The number of carbonyl (C=O) groups excluding carboxylic acids is 1. The monoisotopic (exact) mass is 403 g/mol. The third-order valence-corrected chi connectivity index (χ3v) is 4.71. The number of aryl methyl sites for hydroxylation is 1. The van der Waals surface area contributed by atoms with E-state index < -0.39 is 0 Å². The molecule has 7 heteroatoms. The molecule has 140 valence electrons. The van der Waals surface area contributed by atoms with Crippen molar-refractivity contribution in [2.75, 3.05) is 7.05 Å². The van der Waals surface area contributed by atoms with E-state index in [9.17, 15) is 4.79 Å². The van der Waals surface area contributed by atoms with E-state index in [1.165, 1.54) is 0 Å². The van der Waals surface area contributed by atoms with E-state index in [1.807, 2.05) is 30.3 Å². The van der Waals surface area contributed by atoms with Gasteiger partial charge >= 0.3 is 0 Å². The van der Waals surface area contributed by atoms with Crippen LogP contribution in [-0.2, 0) is 20.2 Å². The minimum atomic E-state index is -0.0967. The van der Waals surface area contributed by atoms with Crippen LogP contribution in [0.5, 0.6) is 5.75 Å². The third kappa shape index (κ3) is 4.81. The van der Waals surface area contributed by atoms with Gasteiger partial charge in [0.2, 0.25) is 0 Å². The van der Waals surface area contributed by atoms with Gasteiger partial charge in [-0.2, -0.15) is 5.10 Å². The van der Waals surface area contributed by atoms with Crippen LogP contribution in [0.25, 0.3) is 0 Å². The second-order valence-electron chi connectivity index (χ2n) is 6.17. The van der Waals surface area contributed by atoms with Gasteiger partial charge in [-0.1, -0.05) is 35.3 Å². The van der Waals surface area contributed by atoms with Crippen molar-refractivity contribution < 1.29 is 9.53 Å². The van der Waals surface area contributed by atoms with Crippen LogP contribution in [0.2, 0.25) is 10.0 Å². The summed E-state index contributed by atoms with van der Waals surface area (Å²) in [7, 11) is 3.54. The highest BCUT2D eigenvalue weighted by Gasteiger charge is 2.16. The molecule has 0 saturated heterocycles. The van der Waals surface area contributed by atoms with Crippen LogP contribution < -0.4 is 4.74 Å². The summed E-state index contributed by atoms with van der Waals surface area (Å²) in [6.07, 6.45) is 1.57. The Balaban J connectivity index is 1.66. The first-order chi connectivity index (χ1) is 12.9. The van der Waals surface area contributed by atoms with Crippen molar-refractivity contribution in [2.45, 2.75) is 13.2 Å². The lowest BCUT2D eigenvalue weighted by molar-refractivity contribution is 0.0782. The molecule has 0 unspecified atom stereocenters. The van der Waals surface area contributed by atoms with Gasteiger partial charge in [0.1, 0.15) is 12.4 Å². The predicted molar refractivity (Wildman–Crippen MR) is 106 cm³/mol. The predicted octanol–water partition coefficient (Wildman–Crippen LogP) is 4.58. The zero-order chi connectivity index (χ0) is 19.4. The lowest BCUT2D eigenvalue weighted by atomic mass is 10.1. The Morgan fingerprint density at radius 3 is 2.59 bits per heavy atom. The largest absolute Gasteiger partial charge is 0.489 e. The first kappa shape index (κ1) is 19.3. The highest BCUT2D eigenvalue weighted by molar-refractivity contribution is 6.31. The zero-order valence-electron chi connectivity index (χ0n) is 15.0. The molecule has 0 atom stereocenters. The molecule has 2 aromatic carbocycles. The minimum Gasteiger partial charge on any atom is -0.489 e. The molecule has 0 radical (unpaired) electrons. The Hall–Kier alpha value is -2.50. The van der Waals surface area contributed by atoms with Gasteiger partial charge in [-0.05, 0) is 42.0 Å². The van der Waals surface area contributed by atoms with Crippen LogP contribution in [0, 0.1) is 0 Å². The Morgan fingerprint density at radius 1 is 1.19 bits per heavy atom. The van der Waals surface area contributed by atoms with Crippen LogP contribution in [-0.4, -0.2) is 27.6 Å². The lowest BCUT2D eigenvalue weighted by Gasteiger charge is -2.18. The molecule has 0 bridgehead atoms. The Bertz CT molecular complexity index is 919. The number of benzene rings is 2. The first-order valence-corrected chi connectivity index (χ1v) is 9.09. The van der Waals surface area contributed by atoms with Gasteiger partial charge in [-0.15, -0.1) is 0 Å². The summed E-state index contributed by atoms with van der Waals surface area (Å²) in [5, 5.41) is 5.30. The Kier molecular flexibility index (Phi) is 6.04. The van der Waals surface area contributed by atoms with E-state index in [0.717, 1.165) is 17.0 Å². The molecular weight excluding hydrogens is 385 g/mol. The quantitative estimate of drug-likeness (QED) is 0.604. The lowest BCUT2D eigenvalue weighted by Crippen LogP contribution is -2.27. The number of hydrogen-bond donors (Lipinski definition) is 0. The third-order valence-electron chi connectivity index (χ3n) is 4.14. The van der Waals surface area contributed by atoms with E-state index in [2.05, 4.69) is 5.10 Å². The summed E-state index contributed by atoms with van der Waals surface area (Å²) in [6.45, 7) is 0.736. The highest BCUT2D eigenvalue weighted by atomic mass is 35.5. The maximum absolute atomic E-state index is 12.8. The fraction of sp³-hybridized carbons (Fsp3) is 0.200. The number of rotatable bonds is 6. The molecular formula is C20H19Cl2N3O2. The standard InChI is InChI=1S/C20H19Cl2N3O2/c1-24(12-19-18(22)11-23-25(19)2)20(26)15-5-3-4-14(10-15)13-27-17-8-6-16(21)7-9-17/h3-11H,12-13H2,1-2H3. The molecule has 1 heterocycles. The van der Waals surface area contributed by atoms with E-state index in [0.29, 0.717) is 28.8 Å².